The fourth-order valence-corrected chi connectivity index (χ4v) is 2.98. The van der Waals surface area contributed by atoms with Gasteiger partial charge in [-0.2, -0.15) is 5.10 Å². The topological polar surface area (TPSA) is 29.9 Å². The standard InChI is InChI=1S/C15H18BrN3/c1-10-7-12(3-4-15(10)16)14-9-18-19(11(14)2)13-5-6-17-8-13/h3-4,7,9,13,17H,5-6,8H2,1-2H3. The zero-order valence-electron chi connectivity index (χ0n) is 11.3. The van der Waals surface area contributed by atoms with Gasteiger partial charge in [0, 0.05) is 22.3 Å². The van der Waals surface area contributed by atoms with Gasteiger partial charge in [-0.15, -0.1) is 0 Å². The van der Waals surface area contributed by atoms with Crippen molar-refractivity contribution in [2.24, 2.45) is 0 Å². The highest BCUT2D eigenvalue weighted by Gasteiger charge is 2.20. The summed E-state index contributed by atoms with van der Waals surface area (Å²) in [6.07, 6.45) is 3.16. The van der Waals surface area contributed by atoms with Crippen LogP contribution in [0, 0.1) is 13.8 Å². The molecule has 1 aromatic heterocycles. The van der Waals surface area contributed by atoms with E-state index in [1.165, 1.54) is 28.8 Å². The van der Waals surface area contributed by atoms with Crippen LogP contribution in [0.4, 0.5) is 0 Å². The quantitative estimate of drug-likeness (QED) is 0.918. The van der Waals surface area contributed by atoms with Crippen molar-refractivity contribution in [1.29, 1.82) is 0 Å². The van der Waals surface area contributed by atoms with Gasteiger partial charge in [0.1, 0.15) is 0 Å². The summed E-state index contributed by atoms with van der Waals surface area (Å²) in [5, 5.41) is 7.99. The van der Waals surface area contributed by atoms with Crippen molar-refractivity contribution in [3.8, 4) is 11.1 Å². The third-order valence-electron chi connectivity index (χ3n) is 3.89. The molecular formula is C15H18BrN3. The van der Waals surface area contributed by atoms with Crippen LogP contribution in [0.3, 0.4) is 0 Å². The molecule has 1 aliphatic heterocycles. The van der Waals surface area contributed by atoms with Gasteiger partial charge in [-0.1, -0.05) is 28.1 Å². The van der Waals surface area contributed by atoms with Crippen molar-refractivity contribution in [2.75, 3.05) is 13.1 Å². The summed E-state index contributed by atoms with van der Waals surface area (Å²) < 4.78 is 3.33. The number of nitrogens with one attached hydrogen (secondary N) is 1. The summed E-state index contributed by atoms with van der Waals surface area (Å²) in [6.45, 7) is 6.41. The average Bonchev–Trinajstić information content (AvgIpc) is 3.02. The third-order valence-corrected chi connectivity index (χ3v) is 4.78. The van der Waals surface area contributed by atoms with Crippen LogP contribution in [-0.2, 0) is 0 Å². The molecule has 3 rings (SSSR count). The van der Waals surface area contributed by atoms with Crippen LogP contribution in [0.5, 0.6) is 0 Å². The maximum atomic E-state index is 4.59. The van der Waals surface area contributed by atoms with Crippen LogP contribution < -0.4 is 5.32 Å². The Labute approximate surface area is 122 Å². The highest BCUT2D eigenvalue weighted by atomic mass is 79.9. The first-order valence-corrected chi connectivity index (χ1v) is 7.47. The molecule has 3 nitrogen and oxygen atoms in total. The molecule has 1 atom stereocenters. The largest absolute Gasteiger partial charge is 0.315 e. The molecule has 1 N–H and O–H groups in total. The van der Waals surface area contributed by atoms with Crippen LogP contribution >= 0.6 is 15.9 Å². The van der Waals surface area contributed by atoms with Crippen LogP contribution in [0.2, 0.25) is 0 Å². The van der Waals surface area contributed by atoms with E-state index in [4.69, 9.17) is 0 Å². The molecule has 0 bridgehead atoms. The molecule has 1 fully saturated rings. The lowest BCUT2D eigenvalue weighted by atomic mass is 10.0. The smallest absolute Gasteiger partial charge is 0.0658 e. The normalized spacial score (nSPS) is 19.0. The van der Waals surface area contributed by atoms with Crippen molar-refractivity contribution in [3.05, 3.63) is 40.1 Å². The summed E-state index contributed by atoms with van der Waals surface area (Å²) >= 11 is 3.55. The van der Waals surface area contributed by atoms with E-state index < -0.39 is 0 Å². The highest BCUT2D eigenvalue weighted by Crippen LogP contribution is 2.29. The number of nitrogens with zero attached hydrogens (tertiary/aromatic N) is 2. The number of benzene rings is 1. The number of aromatic nitrogens is 2. The second kappa shape index (κ2) is 5.10. The van der Waals surface area contributed by atoms with Gasteiger partial charge in [-0.3, -0.25) is 4.68 Å². The molecule has 2 aromatic rings. The van der Waals surface area contributed by atoms with Crippen LogP contribution in [0.1, 0.15) is 23.7 Å². The number of halogens is 1. The molecule has 0 spiro atoms. The van der Waals surface area contributed by atoms with E-state index >= 15 is 0 Å². The van der Waals surface area contributed by atoms with Gasteiger partial charge in [0.15, 0.2) is 0 Å². The monoisotopic (exact) mass is 319 g/mol. The van der Waals surface area contributed by atoms with E-state index in [0.717, 1.165) is 17.6 Å². The zero-order chi connectivity index (χ0) is 13.4. The van der Waals surface area contributed by atoms with Crippen LogP contribution in [0.15, 0.2) is 28.9 Å². The third kappa shape index (κ3) is 2.35. The molecule has 1 aliphatic rings. The second-order valence-electron chi connectivity index (χ2n) is 5.20. The molecule has 1 aromatic carbocycles. The Balaban J connectivity index is 1.99. The minimum atomic E-state index is 0.505. The lowest BCUT2D eigenvalue weighted by Gasteiger charge is -2.12. The molecular weight excluding hydrogens is 302 g/mol. The summed E-state index contributed by atoms with van der Waals surface area (Å²) in [5.74, 6) is 0. The summed E-state index contributed by atoms with van der Waals surface area (Å²) in [4.78, 5) is 0. The summed E-state index contributed by atoms with van der Waals surface area (Å²) in [6, 6.07) is 6.98. The first-order valence-electron chi connectivity index (χ1n) is 6.68. The maximum absolute atomic E-state index is 4.59. The SMILES string of the molecule is Cc1cc(-c2cnn(C3CCNC3)c2C)ccc1Br. The Morgan fingerprint density at radius 2 is 2.21 bits per heavy atom. The summed E-state index contributed by atoms with van der Waals surface area (Å²) in [7, 11) is 0. The number of aryl methyl sites for hydroxylation is 1. The number of rotatable bonds is 2. The second-order valence-corrected chi connectivity index (χ2v) is 6.05. The molecule has 0 radical (unpaired) electrons. The summed E-state index contributed by atoms with van der Waals surface area (Å²) in [5.41, 5.74) is 5.00. The maximum Gasteiger partial charge on any atom is 0.0658 e. The van der Waals surface area contributed by atoms with Gasteiger partial charge in [-0.05, 0) is 44.0 Å². The van der Waals surface area contributed by atoms with Gasteiger partial charge >= 0.3 is 0 Å². The van der Waals surface area contributed by atoms with E-state index in [1.807, 2.05) is 6.20 Å². The van der Waals surface area contributed by atoms with Crippen molar-refractivity contribution < 1.29 is 0 Å². The Kier molecular flexibility index (Phi) is 3.46. The van der Waals surface area contributed by atoms with Crippen LogP contribution in [0.25, 0.3) is 11.1 Å². The van der Waals surface area contributed by atoms with Crippen molar-refractivity contribution in [2.45, 2.75) is 26.3 Å². The predicted molar refractivity (Wildman–Crippen MR) is 81.4 cm³/mol. The van der Waals surface area contributed by atoms with Gasteiger partial charge < -0.3 is 5.32 Å². The van der Waals surface area contributed by atoms with Crippen molar-refractivity contribution >= 4 is 15.9 Å². The fraction of sp³-hybridized carbons (Fsp3) is 0.400. The van der Waals surface area contributed by atoms with Gasteiger partial charge in [0.25, 0.3) is 0 Å². The molecule has 1 unspecified atom stereocenters. The number of hydrogen-bond acceptors (Lipinski definition) is 2. The molecule has 2 heterocycles. The van der Waals surface area contributed by atoms with E-state index in [1.54, 1.807) is 0 Å². The van der Waals surface area contributed by atoms with E-state index in [-0.39, 0.29) is 0 Å². The van der Waals surface area contributed by atoms with Crippen molar-refractivity contribution in [3.63, 3.8) is 0 Å². The first kappa shape index (κ1) is 12.9. The lowest BCUT2D eigenvalue weighted by Crippen LogP contribution is -2.15. The minimum absolute atomic E-state index is 0.505. The minimum Gasteiger partial charge on any atom is -0.315 e. The van der Waals surface area contributed by atoms with Gasteiger partial charge in [0.05, 0.1) is 12.2 Å². The Bertz CT molecular complexity index is 597. The van der Waals surface area contributed by atoms with E-state index in [9.17, 15) is 0 Å². The molecule has 19 heavy (non-hydrogen) atoms. The van der Waals surface area contributed by atoms with Crippen molar-refractivity contribution in [1.82, 2.24) is 15.1 Å². The highest BCUT2D eigenvalue weighted by molar-refractivity contribution is 9.10. The number of hydrogen-bond donors (Lipinski definition) is 1. The molecule has 0 aliphatic carbocycles. The van der Waals surface area contributed by atoms with Gasteiger partial charge in [0.2, 0.25) is 0 Å². The molecule has 100 valence electrons. The Morgan fingerprint density at radius 1 is 1.37 bits per heavy atom. The zero-order valence-corrected chi connectivity index (χ0v) is 12.9. The molecule has 0 saturated carbocycles. The molecule has 0 amide bonds. The van der Waals surface area contributed by atoms with Crippen LogP contribution in [-0.4, -0.2) is 22.9 Å². The fourth-order valence-electron chi connectivity index (χ4n) is 2.74. The Hall–Kier alpha value is -1.13. The predicted octanol–water partition coefficient (Wildman–Crippen LogP) is 3.46. The van der Waals surface area contributed by atoms with Gasteiger partial charge in [-0.25, -0.2) is 0 Å². The average molecular weight is 320 g/mol. The van der Waals surface area contributed by atoms with E-state index in [0.29, 0.717) is 6.04 Å². The Morgan fingerprint density at radius 3 is 2.89 bits per heavy atom. The first-order chi connectivity index (χ1) is 9.16. The molecule has 4 heteroatoms. The lowest BCUT2D eigenvalue weighted by molar-refractivity contribution is 0.480. The van der Waals surface area contributed by atoms with E-state index in [2.05, 4.69) is 63.1 Å². The molecule has 1 saturated heterocycles.